The Morgan fingerprint density at radius 1 is 1.12 bits per heavy atom. The molecule has 0 atom stereocenters. The zero-order valence-corrected chi connectivity index (χ0v) is 15.4. The molecule has 1 aliphatic rings. The first kappa shape index (κ1) is 15.9. The van der Waals surface area contributed by atoms with Gasteiger partial charge in [-0.1, -0.05) is 22.0 Å². The Kier molecular flexibility index (Phi) is 4.47. The molecule has 0 N–H and O–H groups in total. The molecule has 1 aromatic carbocycles. The average Bonchev–Trinajstić information content (AvgIpc) is 3.07. The Hall–Kier alpha value is -1.57. The van der Waals surface area contributed by atoms with Crippen LogP contribution in [0.15, 0.2) is 40.4 Å². The number of piperazine rings is 1. The molecular weight excluding hydrogens is 391 g/mol. The summed E-state index contributed by atoms with van der Waals surface area (Å²) < 4.78 is 14.0. The minimum Gasteiger partial charge on any atom is -0.353 e. The van der Waals surface area contributed by atoms with Gasteiger partial charge in [-0.2, -0.15) is 0 Å². The summed E-state index contributed by atoms with van der Waals surface area (Å²) in [4.78, 5) is 14.6. The molecule has 124 valence electrons. The second kappa shape index (κ2) is 6.74. The van der Waals surface area contributed by atoms with E-state index in [1.807, 2.05) is 6.07 Å². The van der Waals surface area contributed by atoms with Gasteiger partial charge in [0.25, 0.3) is 0 Å². The SMILES string of the molecule is Fc1ccc(CN2CCN(c3ncnc4sccc34)CC2)c(Br)c1. The predicted molar refractivity (Wildman–Crippen MR) is 99.0 cm³/mol. The Morgan fingerprint density at radius 3 is 2.75 bits per heavy atom. The van der Waals surface area contributed by atoms with Crippen LogP contribution in [0.1, 0.15) is 5.56 Å². The summed E-state index contributed by atoms with van der Waals surface area (Å²) in [6.45, 7) is 4.60. The third-order valence-corrected chi connectivity index (χ3v) is 5.88. The molecule has 3 heterocycles. The van der Waals surface area contributed by atoms with Gasteiger partial charge >= 0.3 is 0 Å². The molecule has 0 radical (unpaired) electrons. The van der Waals surface area contributed by atoms with Gasteiger partial charge in [-0.3, -0.25) is 4.90 Å². The van der Waals surface area contributed by atoms with Crippen molar-refractivity contribution in [2.45, 2.75) is 6.54 Å². The van der Waals surface area contributed by atoms with Gasteiger partial charge in [0, 0.05) is 37.2 Å². The third-order valence-electron chi connectivity index (χ3n) is 4.32. The van der Waals surface area contributed by atoms with E-state index in [9.17, 15) is 4.39 Å². The summed E-state index contributed by atoms with van der Waals surface area (Å²) in [5, 5.41) is 3.20. The van der Waals surface area contributed by atoms with Crippen molar-refractivity contribution in [3.63, 3.8) is 0 Å². The van der Waals surface area contributed by atoms with Crippen LogP contribution in [0.4, 0.5) is 10.2 Å². The van der Waals surface area contributed by atoms with Crippen LogP contribution in [0.5, 0.6) is 0 Å². The molecule has 0 unspecified atom stereocenters. The number of benzene rings is 1. The number of hydrogen-bond acceptors (Lipinski definition) is 5. The molecule has 4 rings (SSSR count). The molecule has 3 aromatic rings. The molecule has 0 spiro atoms. The number of fused-ring (bicyclic) bond motifs is 1. The highest BCUT2D eigenvalue weighted by Gasteiger charge is 2.20. The normalized spacial score (nSPS) is 16.0. The highest BCUT2D eigenvalue weighted by Crippen LogP contribution is 2.28. The Balaban J connectivity index is 1.44. The fourth-order valence-corrected chi connectivity index (χ4v) is 4.24. The van der Waals surface area contributed by atoms with Crippen LogP contribution in [-0.4, -0.2) is 41.0 Å². The molecule has 1 fully saturated rings. The number of hydrogen-bond donors (Lipinski definition) is 0. The number of nitrogens with zero attached hydrogens (tertiary/aromatic N) is 4. The van der Waals surface area contributed by atoms with Crippen molar-refractivity contribution in [2.24, 2.45) is 0 Å². The summed E-state index contributed by atoms with van der Waals surface area (Å²) in [6, 6.07) is 6.99. The van der Waals surface area contributed by atoms with Gasteiger partial charge < -0.3 is 4.90 Å². The molecule has 1 saturated heterocycles. The van der Waals surface area contributed by atoms with E-state index < -0.39 is 0 Å². The van der Waals surface area contributed by atoms with Crippen LogP contribution < -0.4 is 4.90 Å². The smallest absolute Gasteiger partial charge is 0.140 e. The molecular formula is C17H16BrFN4S. The van der Waals surface area contributed by atoms with Crippen LogP contribution in [0.25, 0.3) is 10.2 Å². The van der Waals surface area contributed by atoms with E-state index in [1.165, 1.54) is 12.1 Å². The molecule has 4 nitrogen and oxygen atoms in total. The molecule has 2 aromatic heterocycles. The maximum absolute atomic E-state index is 13.2. The minimum absolute atomic E-state index is 0.209. The van der Waals surface area contributed by atoms with Crippen molar-refractivity contribution in [1.82, 2.24) is 14.9 Å². The van der Waals surface area contributed by atoms with Crippen LogP contribution in [0.2, 0.25) is 0 Å². The predicted octanol–water partition coefficient (Wildman–Crippen LogP) is 3.92. The standard InChI is InChI=1S/C17H16BrFN4S/c18-15-9-13(19)2-1-12(15)10-22-4-6-23(7-5-22)16-14-3-8-24-17(14)21-11-20-16/h1-3,8-9,11H,4-7,10H2. The van der Waals surface area contributed by atoms with Crippen LogP contribution in [-0.2, 0) is 6.54 Å². The first-order chi connectivity index (χ1) is 11.7. The molecule has 0 saturated carbocycles. The van der Waals surface area contributed by atoms with E-state index in [-0.39, 0.29) is 5.82 Å². The van der Waals surface area contributed by atoms with Gasteiger partial charge in [-0.25, -0.2) is 14.4 Å². The summed E-state index contributed by atoms with van der Waals surface area (Å²) in [5.41, 5.74) is 1.12. The first-order valence-corrected chi connectivity index (χ1v) is 9.47. The van der Waals surface area contributed by atoms with Crippen LogP contribution in [0, 0.1) is 5.82 Å². The summed E-state index contributed by atoms with van der Waals surface area (Å²) in [7, 11) is 0. The van der Waals surface area contributed by atoms with Crippen molar-refractivity contribution in [2.75, 3.05) is 31.1 Å². The van der Waals surface area contributed by atoms with E-state index in [0.29, 0.717) is 0 Å². The lowest BCUT2D eigenvalue weighted by molar-refractivity contribution is 0.249. The molecule has 0 aliphatic carbocycles. The highest BCUT2D eigenvalue weighted by atomic mass is 79.9. The quantitative estimate of drug-likeness (QED) is 0.659. The van der Waals surface area contributed by atoms with Crippen LogP contribution >= 0.6 is 27.3 Å². The number of anilines is 1. The number of rotatable bonds is 3. The van der Waals surface area contributed by atoms with Crippen molar-refractivity contribution >= 4 is 43.3 Å². The second-order valence-electron chi connectivity index (χ2n) is 5.84. The molecule has 0 amide bonds. The Bertz CT molecular complexity index is 861. The molecule has 7 heteroatoms. The van der Waals surface area contributed by atoms with Gasteiger partial charge in [0.2, 0.25) is 0 Å². The largest absolute Gasteiger partial charge is 0.353 e. The highest BCUT2D eigenvalue weighted by molar-refractivity contribution is 9.10. The van der Waals surface area contributed by atoms with E-state index in [0.717, 1.165) is 58.8 Å². The van der Waals surface area contributed by atoms with Gasteiger partial charge in [0.1, 0.15) is 22.8 Å². The molecule has 1 aliphatic heterocycles. The van der Waals surface area contributed by atoms with Crippen molar-refractivity contribution < 1.29 is 4.39 Å². The Morgan fingerprint density at radius 2 is 1.96 bits per heavy atom. The topological polar surface area (TPSA) is 32.3 Å². The molecule has 24 heavy (non-hydrogen) atoms. The van der Waals surface area contributed by atoms with Gasteiger partial charge in [-0.05, 0) is 29.1 Å². The maximum Gasteiger partial charge on any atom is 0.140 e. The monoisotopic (exact) mass is 406 g/mol. The molecule has 0 bridgehead atoms. The number of aromatic nitrogens is 2. The lowest BCUT2D eigenvalue weighted by atomic mass is 10.2. The maximum atomic E-state index is 13.2. The second-order valence-corrected chi connectivity index (χ2v) is 7.58. The van der Waals surface area contributed by atoms with Crippen molar-refractivity contribution in [3.8, 4) is 0 Å². The third kappa shape index (κ3) is 3.16. The number of thiophene rings is 1. The average molecular weight is 407 g/mol. The summed E-state index contributed by atoms with van der Waals surface area (Å²) >= 11 is 5.10. The minimum atomic E-state index is -0.209. The van der Waals surface area contributed by atoms with Crippen LogP contribution in [0.3, 0.4) is 0 Å². The first-order valence-electron chi connectivity index (χ1n) is 7.80. The number of halogens is 2. The van der Waals surface area contributed by atoms with Gasteiger partial charge in [0.15, 0.2) is 0 Å². The van der Waals surface area contributed by atoms with E-state index in [1.54, 1.807) is 17.7 Å². The zero-order valence-electron chi connectivity index (χ0n) is 13.0. The van der Waals surface area contributed by atoms with Crippen molar-refractivity contribution in [1.29, 1.82) is 0 Å². The summed E-state index contributed by atoms with van der Waals surface area (Å²) in [6.07, 6.45) is 1.65. The van der Waals surface area contributed by atoms with E-state index in [2.05, 4.69) is 47.1 Å². The fourth-order valence-electron chi connectivity index (χ4n) is 3.04. The lowest BCUT2D eigenvalue weighted by Crippen LogP contribution is -2.46. The van der Waals surface area contributed by atoms with E-state index in [4.69, 9.17) is 0 Å². The zero-order chi connectivity index (χ0) is 16.5. The van der Waals surface area contributed by atoms with Crippen molar-refractivity contribution in [3.05, 3.63) is 51.8 Å². The lowest BCUT2D eigenvalue weighted by Gasteiger charge is -2.35. The van der Waals surface area contributed by atoms with E-state index >= 15 is 0 Å². The fraction of sp³-hybridized carbons (Fsp3) is 0.294. The summed E-state index contributed by atoms with van der Waals surface area (Å²) in [5.74, 6) is 0.822. The van der Waals surface area contributed by atoms with Gasteiger partial charge in [0.05, 0.1) is 5.39 Å². The Labute approximate surface area is 152 Å². The van der Waals surface area contributed by atoms with Gasteiger partial charge in [-0.15, -0.1) is 11.3 Å².